The highest BCUT2D eigenvalue weighted by Gasteiger charge is 2.07. The number of hydrogen-bond acceptors (Lipinski definition) is 1. The molecule has 0 atom stereocenters. The number of nitrogens with one attached hydrogen (secondary N) is 1. The highest BCUT2D eigenvalue weighted by molar-refractivity contribution is 6.31. The van der Waals surface area contributed by atoms with Gasteiger partial charge in [0.05, 0.1) is 6.54 Å². The van der Waals surface area contributed by atoms with Gasteiger partial charge in [0.15, 0.2) is 0 Å². The van der Waals surface area contributed by atoms with Crippen LogP contribution >= 0.6 is 11.6 Å². The van der Waals surface area contributed by atoms with Crippen molar-refractivity contribution < 1.29 is 13.2 Å². The third-order valence-electron chi connectivity index (χ3n) is 1.66. The minimum atomic E-state index is -2.44. The van der Waals surface area contributed by atoms with Crippen molar-refractivity contribution in [2.24, 2.45) is 0 Å². The van der Waals surface area contributed by atoms with E-state index in [1.165, 1.54) is 18.2 Å². The Morgan fingerprint density at radius 2 is 2.07 bits per heavy atom. The van der Waals surface area contributed by atoms with Crippen molar-refractivity contribution in [3.05, 3.63) is 34.6 Å². The molecule has 78 valence electrons. The Hall–Kier alpha value is -0.740. The fourth-order valence-electron chi connectivity index (χ4n) is 1.01. The van der Waals surface area contributed by atoms with Gasteiger partial charge < -0.3 is 5.32 Å². The van der Waals surface area contributed by atoms with Crippen molar-refractivity contribution in [1.82, 2.24) is 5.32 Å². The second-order valence-corrected chi connectivity index (χ2v) is 3.13. The van der Waals surface area contributed by atoms with Crippen LogP contribution in [0.2, 0.25) is 5.02 Å². The smallest absolute Gasteiger partial charge is 0.250 e. The largest absolute Gasteiger partial charge is 0.307 e. The van der Waals surface area contributed by atoms with Crippen LogP contribution in [0.5, 0.6) is 0 Å². The lowest BCUT2D eigenvalue weighted by Crippen LogP contribution is -2.21. The Labute approximate surface area is 84.9 Å². The van der Waals surface area contributed by atoms with E-state index in [1.807, 2.05) is 0 Å². The molecule has 0 aliphatic rings. The van der Waals surface area contributed by atoms with Crippen molar-refractivity contribution in [3.8, 4) is 0 Å². The molecule has 1 nitrogen and oxygen atoms in total. The zero-order valence-corrected chi connectivity index (χ0v) is 7.99. The molecule has 0 aliphatic carbocycles. The van der Waals surface area contributed by atoms with E-state index in [1.54, 1.807) is 0 Å². The van der Waals surface area contributed by atoms with Gasteiger partial charge in [-0.2, -0.15) is 0 Å². The number of halogens is 4. The summed E-state index contributed by atoms with van der Waals surface area (Å²) in [4.78, 5) is 0. The first-order valence-corrected chi connectivity index (χ1v) is 4.41. The van der Waals surface area contributed by atoms with Crippen molar-refractivity contribution in [2.75, 3.05) is 6.54 Å². The summed E-state index contributed by atoms with van der Waals surface area (Å²) >= 11 is 5.68. The maximum Gasteiger partial charge on any atom is 0.250 e. The van der Waals surface area contributed by atoms with Crippen molar-refractivity contribution in [3.63, 3.8) is 0 Å². The molecule has 0 saturated heterocycles. The lowest BCUT2D eigenvalue weighted by atomic mass is 10.2. The first-order chi connectivity index (χ1) is 6.61. The molecule has 0 amide bonds. The van der Waals surface area contributed by atoms with E-state index in [4.69, 9.17) is 11.6 Å². The Morgan fingerprint density at radius 1 is 1.36 bits per heavy atom. The van der Waals surface area contributed by atoms with E-state index in [9.17, 15) is 13.2 Å². The maximum atomic E-state index is 13.1. The maximum absolute atomic E-state index is 13.1. The molecule has 0 aliphatic heterocycles. The highest BCUT2D eigenvalue weighted by atomic mass is 35.5. The molecule has 1 aromatic rings. The predicted molar refractivity (Wildman–Crippen MR) is 49.1 cm³/mol. The summed E-state index contributed by atoms with van der Waals surface area (Å²) < 4.78 is 36.6. The van der Waals surface area contributed by atoms with E-state index < -0.39 is 18.8 Å². The minimum Gasteiger partial charge on any atom is -0.307 e. The quantitative estimate of drug-likeness (QED) is 0.828. The molecule has 0 saturated carbocycles. The average molecular weight is 224 g/mol. The van der Waals surface area contributed by atoms with Gasteiger partial charge in [-0.3, -0.25) is 0 Å². The molecule has 1 N–H and O–H groups in total. The molecule has 0 aromatic heterocycles. The molecular weight excluding hydrogens is 215 g/mol. The summed E-state index contributed by atoms with van der Waals surface area (Å²) in [5, 5.41) is 2.65. The monoisotopic (exact) mass is 223 g/mol. The second-order valence-electron chi connectivity index (χ2n) is 2.72. The van der Waals surface area contributed by atoms with E-state index in [0.29, 0.717) is 0 Å². The van der Waals surface area contributed by atoms with Crippen LogP contribution < -0.4 is 5.32 Å². The van der Waals surface area contributed by atoms with Crippen LogP contribution in [0.25, 0.3) is 0 Å². The zero-order valence-electron chi connectivity index (χ0n) is 7.24. The van der Waals surface area contributed by atoms with Crippen LogP contribution in [0.4, 0.5) is 13.2 Å². The normalized spacial score (nSPS) is 10.9. The van der Waals surface area contributed by atoms with Gasteiger partial charge in [-0.05, 0) is 12.1 Å². The summed E-state index contributed by atoms with van der Waals surface area (Å²) in [6, 6.07) is 4.23. The van der Waals surface area contributed by atoms with E-state index in [0.717, 1.165) is 0 Å². The Morgan fingerprint density at radius 3 is 2.64 bits per heavy atom. The highest BCUT2D eigenvalue weighted by Crippen LogP contribution is 2.18. The van der Waals surface area contributed by atoms with Crippen LogP contribution in [0, 0.1) is 5.82 Å². The van der Waals surface area contributed by atoms with Crippen LogP contribution in [0.15, 0.2) is 18.2 Å². The summed E-state index contributed by atoms with van der Waals surface area (Å²) in [7, 11) is 0. The van der Waals surface area contributed by atoms with Crippen molar-refractivity contribution in [1.29, 1.82) is 0 Å². The molecule has 0 unspecified atom stereocenters. The van der Waals surface area contributed by atoms with Crippen LogP contribution in [-0.4, -0.2) is 13.0 Å². The zero-order chi connectivity index (χ0) is 10.6. The average Bonchev–Trinajstić information content (AvgIpc) is 2.09. The van der Waals surface area contributed by atoms with Crippen molar-refractivity contribution in [2.45, 2.75) is 13.0 Å². The summed E-state index contributed by atoms with van der Waals surface area (Å²) in [5.74, 6) is -0.487. The summed E-state index contributed by atoms with van der Waals surface area (Å²) in [6.07, 6.45) is -2.44. The van der Waals surface area contributed by atoms with Gasteiger partial charge in [0, 0.05) is 17.1 Å². The molecule has 5 heteroatoms. The topological polar surface area (TPSA) is 12.0 Å². The Balaban J connectivity index is 2.58. The molecule has 0 heterocycles. The number of rotatable bonds is 4. The fraction of sp³-hybridized carbons (Fsp3) is 0.333. The molecule has 0 bridgehead atoms. The third kappa shape index (κ3) is 3.20. The van der Waals surface area contributed by atoms with Gasteiger partial charge in [-0.1, -0.05) is 17.7 Å². The minimum absolute atomic E-state index is 0.00977. The molecule has 0 fully saturated rings. The lowest BCUT2D eigenvalue weighted by Gasteiger charge is -2.06. The van der Waals surface area contributed by atoms with Crippen LogP contribution in [0.3, 0.4) is 0 Å². The van der Waals surface area contributed by atoms with E-state index in [-0.39, 0.29) is 17.1 Å². The van der Waals surface area contributed by atoms with Crippen LogP contribution in [-0.2, 0) is 6.54 Å². The molecule has 1 aromatic carbocycles. The molecule has 0 radical (unpaired) electrons. The number of benzene rings is 1. The summed E-state index contributed by atoms with van der Waals surface area (Å²) in [5.41, 5.74) is 0.217. The lowest BCUT2D eigenvalue weighted by molar-refractivity contribution is 0.145. The van der Waals surface area contributed by atoms with E-state index >= 15 is 0 Å². The van der Waals surface area contributed by atoms with E-state index in [2.05, 4.69) is 5.32 Å². The van der Waals surface area contributed by atoms with Gasteiger partial charge in [-0.25, -0.2) is 13.2 Å². The first kappa shape index (κ1) is 11.3. The first-order valence-electron chi connectivity index (χ1n) is 4.03. The predicted octanol–water partition coefficient (Wildman–Crippen LogP) is 2.83. The van der Waals surface area contributed by atoms with Gasteiger partial charge in [-0.15, -0.1) is 0 Å². The molecular formula is C9H9ClF3N. The summed E-state index contributed by atoms with van der Waals surface area (Å²) in [6.45, 7) is -0.458. The molecule has 0 spiro atoms. The Bertz CT molecular complexity index is 284. The molecule has 1 rings (SSSR count). The molecule has 14 heavy (non-hydrogen) atoms. The Kier molecular flexibility index (Phi) is 4.22. The third-order valence-corrected chi connectivity index (χ3v) is 2.02. The number of hydrogen-bond donors (Lipinski definition) is 1. The van der Waals surface area contributed by atoms with Crippen molar-refractivity contribution >= 4 is 11.6 Å². The van der Waals surface area contributed by atoms with Gasteiger partial charge >= 0.3 is 0 Å². The van der Waals surface area contributed by atoms with Gasteiger partial charge in [0.1, 0.15) is 5.82 Å². The fourth-order valence-corrected chi connectivity index (χ4v) is 1.24. The second kappa shape index (κ2) is 5.22. The SMILES string of the molecule is Fc1cccc(Cl)c1CNCC(F)F. The standard InChI is InChI=1S/C9H9ClF3N/c10-7-2-1-3-8(11)6(7)4-14-5-9(12)13/h1-3,9,14H,4-5H2. The number of alkyl halides is 2. The van der Waals surface area contributed by atoms with Gasteiger partial charge in [0.2, 0.25) is 0 Å². The van der Waals surface area contributed by atoms with Crippen LogP contribution in [0.1, 0.15) is 5.56 Å². The van der Waals surface area contributed by atoms with Gasteiger partial charge in [0.25, 0.3) is 6.43 Å².